The standard InChI is InChI=1S/C11H16O3/c1-10-3-2-4-11(9-10)14-8-7-13-6-5-12/h2-4,9,12H,5-8H2,1H3. The maximum Gasteiger partial charge on any atom is 0.119 e. The van der Waals surface area contributed by atoms with Crippen LogP contribution in [0, 0.1) is 6.92 Å². The predicted octanol–water partition coefficient (Wildman–Crippen LogP) is 1.38. The molecule has 0 saturated heterocycles. The molecule has 0 unspecified atom stereocenters. The summed E-state index contributed by atoms with van der Waals surface area (Å²) in [6.07, 6.45) is 0. The van der Waals surface area contributed by atoms with Crippen LogP contribution in [0.4, 0.5) is 0 Å². The van der Waals surface area contributed by atoms with Gasteiger partial charge in [0.15, 0.2) is 0 Å². The number of ether oxygens (including phenoxy) is 2. The molecule has 3 nitrogen and oxygen atoms in total. The van der Waals surface area contributed by atoms with E-state index in [1.165, 1.54) is 5.56 Å². The Morgan fingerprint density at radius 2 is 2.07 bits per heavy atom. The quantitative estimate of drug-likeness (QED) is 0.699. The lowest BCUT2D eigenvalue weighted by atomic mass is 10.2. The lowest BCUT2D eigenvalue weighted by Crippen LogP contribution is -2.09. The van der Waals surface area contributed by atoms with E-state index in [2.05, 4.69) is 0 Å². The molecular weight excluding hydrogens is 180 g/mol. The summed E-state index contributed by atoms with van der Waals surface area (Å²) in [5, 5.41) is 8.45. The molecule has 78 valence electrons. The van der Waals surface area contributed by atoms with Crippen LogP contribution in [0.15, 0.2) is 24.3 Å². The predicted molar refractivity (Wildman–Crippen MR) is 54.6 cm³/mol. The third-order valence-corrected chi connectivity index (χ3v) is 1.72. The zero-order chi connectivity index (χ0) is 10.2. The van der Waals surface area contributed by atoms with E-state index in [9.17, 15) is 0 Å². The maximum absolute atomic E-state index is 8.45. The number of hydrogen-bond donors (Lipinski definition) is 1. The van der Waals surface area contributed by atoms with Crippen LogP contribution in [-0.2, 0) is 4.74 Å². The van der Waals surface area contributed by atoms with E-state index in [0.29, 0.717) is 19.8 Å². The van der Waals surface area contributed by atoms with Crippen molar-refractivity contribution in [3.63, 3.8) is 0 Å². The van der Waals surface area contributed by atoms with Crippen molar-refractivity contribution in [3.05, 3.63) is 29.8 Å². The van der Waals surface area contributed by atoms with E-state index in [-0.39, 0.29) is 6.61 Å². The van der Waals surface area contributed by atoms with Crippen LogP contribution in [0.5, 0.6) is 5.75 Å². The lowest BCUT2D eigenvalue weighted by molar-refractivity contribution is 0.0705. The van der Waals surface area contributed by atoms with E-state index >= 15 is 0 Å². The second-order valence-electron chi connectivity index (χ2n) is 3.00. The first kappa shape index (κ1) is 11.0. The summed E-state index contributed by atoms with van der Waals surface area (Å²) in [5.41, 5.74) is 1.18. The number of benzene rings is 1. The van der Waals surface area contributed by atoms with Gasteiger partial charge in [0.25, 0.3) is 0 Å². The van der Waals surface area contributed by atoms with Crippen molar-refractivity contribution in [2.24, 2.45) is 0 Å². The van der Waals surface area contributed by atoms with E-state index < -0.39 is 0 Å². The van der Waals surface area contributed by atoms with Gasteiger partial charge in [-0.1, -0.05) is 12.1 Å². The van der Waals surface area contributed by atoms with Crippen LogP contribution >= 0.6 is 0 Å². The van der Waals surface area contributed by atoms with Gasteiger partial charge < -0.3 is 14.6 Å². The van der Waals surface area contributed by atoms with Crippen molar-refractivity contribution in [1.82, 2.24) is 0 Å². The molecule has 0 saturated carbocycles. The molecule has 0 radical (unpaired) electrons. The minimum absolute atomic E-state index is 0.0600. The maximum atomic E-state index is 8.45. The smallest absolute Gasteiger partial charge is 0.119 e. The molecule has 0 aliphatic carbocycles. The van der Waals surface area contributed by atoms with Crippen molar-refractivity contribution < 1.29 is 14.6 Å². The molecule has 0 atom stereocenters. The van der Waals surface area contributed by atoms with Crippen molar-refractivity contribution in [2.45, 2.75) is 6.92 Å². The zero-order valence-electron chi connectivity index (χ0n) is 8.40. The molecule has 0 aliphatic rings. The molecule has 0 fully saturated rings. The fourth-order valence-electron chi connectivity index (χ4n) is 1.09. The second-order valence-corrected chi connectivity index (χ2v) is 3.00. The second kappa shape index (κ2) is 6.40. The normalized spacial score (nSPS) is 10.1. The fourth-order valence-corrected chi connectivity index (χ4v) is 1.09. The minimum atomic E-state index is 0.0600. The van der Waals surface area contributed by atoms with E-state index in [1.54, 1.807) is 0 Å². The van der Waals surface area contributed by atoms with Gasteiger partial charge in [-0.05, 0) is 24.6 Å². The van der Waals surface area contributed by atoms with Crippen LogP contribution in [-0.4, -0.2) is 31.5 Å². The molecule has 1 aromatic rings. The van der Waals surface area contributed by atoms with Gasteiger partial charge in [0.2, 0.25) is 0 Å². The Balaban J connectivity index is 2.18. The number of aliphatic hydroxyl groups excluding tert-OH is 1. The van der Waals surface area contributed by atoms with E-state index in [4.69, 9.17) is 14.6 Å². The third kappa shape index (κ3) is 4.25. The Hall–Kier alpha value is -1.06. The largest absolute Gasteiger partial charge is 0.491 e. The minimum Gasteiger partial charge on any atom is -0.491 e. The van der Waals surface area contributed by atoms with Crippen molar-refractivity contribution in [2.75, 3.05) is 26.4 Å². The summed E-state index contributed by atoms with van der Waals surface area (Å²) in [6.45, 7) is 3.48. The molecule has 1 aromatic carbocycles. The summed E-state index contributed by atoms with van der Waals surface area (Å²) < 4.78 is 10.5. The fraction of sp³-hybridized carbons (Fsp3) is 0.455. The lowest BCUT2D eigenvalue weighted by Gasteiger charge is -2.06. The molecule has 1 N–H and O–H groups in total. The molecule has 0 spiro atoms. The Morgan fingerprint density at radius 1 is 1.21 bits per heavy atom. The van der Waals surface area contributed by atoms with Crippen LogP contribution in [0.25, 0.3) is 0 Å². The van der Waals surface area contributed by atoms with Crippen LogP contribution in [0.3, 0.4) is 0 Å². The third-order valence-electron chi connectivity index (χ3n) is 1.72. The number of hydrogen-bond acceptors (Lipinski definition) is 3. The summed E-state index contributed by atoms with van der Waals surface area (Å²) in [6, 6.07) is 7.87. The summed E-state index contributed by atoms with van der Waals surface area (Å²) in [5.74, 6) is 0.859. The summed E-state index contributed by atoms with van der Waals surface area (Å²) in [4.78, 5) is 0. The Bertz CT molecular complexity index is 260. The number of aliphatic hydroxyl groups is 1. The molecule has 1 rings (SSSR count). The van der Waals surface area contributed by atoms with Gasteiger partial charge in [-0.3, -0.25) is 0 Å². The van der Waals surface area contributed by atoms with Gasteiger partial charge >= 0.3 is 0 Å². The summed E-state index contributed by atoms with van der Waals surface area (Å²) in [7, 11) is 0. The van der Waals surface area contributed by atoms with E-state index in [1.807, 2.05) is 31.2 Å². The molecular formula is C11H16O3. The number of aryl methyl sites for hydroxylation is 1. The zero-order valence-corrected chi connectivity index (χ0v) is 8.40. The van der Waals surface area contributed by atoms with Gasteiger partial charge in [-0.15, -0.1) is 0 Å². The molecule has 0 bridgehead atoms. The highest BCUT2D eigenvalue weighted by Gasteiger charge is 1.93. The number of rotatable bonds is 6. The van der Waals surface area contributed by atoms with Crippen LogP contribution < -0.4 is 4.74 Å². The monoisotopic (exact) mass is 196 g/mol. The average molecular weight is 196 g/mol. The average Bonchev–Trinajstić information content (AvgIpc) is 2.18. The molecule has 0 aliphatic heterocycles. The van der Waals surface area contributed by atoms with Crippen LogP contribution in [0.1, 0.15) is 5.56 Å². The van der Waals surface area contributed by atoms with Crippen molar-refractivity contribution in [3.8, 4) is 5.75 Å². The Morgan fingerprint density at radius 3 is 2.79 bits per heavy atom. The summed E-state index contributed by atoms with van der Waals surface area (Å²) >= 11 is 0. The van der Waals surface area contributed by atoms with Gasteiger partial charge in [0, 0.05) is 0 Å². The van der Waals surface area contributed by atoms with Gasteiger partial charge in [0.05, 0.1) is 19.8 Å². The SMILES string of the molecule is Cc1cccc(OCCOCCO)c1. The highest BCUT2D eigenvalue weighted by molar-refractivity contribution is 5.27. The molecule has 0 aromatic heterocycles. The Labute approximate surface area is 84.3 Å². The molecule has 3 heteroatoms. The van der Waals surface area contributed by atoms with Gasteiger partial charge in [-0.2, -0.15) is 0 Å². The highest BCUT2D eigenvalue weighted by Crippen LogP contribution is 2.11. The molecule has 14 heavy (non-hydrogen) atoms. The Kier molecular flexibility index (Phi) is 5.04. The van der Waals surface area contributed by atoms with Crippen molar-refractivity contribution in [1.29, 1.82) is 0 Å². The van der Waals surface area contributed by atoms with Gasteiger partial charge in [0.1, 0.15) is 12.4 Å². The van der Waals surface area contributed by atoms with Crippen molar-refractivity contribution >= 4 is 0 Å². The highest BCUT2D eigenvalue weighted by atomic mass is 16.5. The first-order valence-corrected chi connectivity index (χ1v) is 4.71. The van der Waals surface area contributed by atoms with E-state index in [0.717, 1.165) is 5.75 Å². The van der Waals surface area contributed by atoms with Crippen LogP contribution in [0.2, 0.25) is 0 Å². The van der Waals surface area contributed by atoms with Gasteiger partial charge in [-0.25, -0.2) is 0 Å². The first-order valence-electron chi connectivity index (χ1n) is 4.71. The first-order chi connectivity index (χ1) is 6.83. The topological polar surface area (TPSA) is 38.7 Å². The molecule has 0 amide bonds. The molecule has 0 heterocycles.